The van der Waals surface area contributed by atoms with E-state index in [-0.39, 0.29) is 24.4 Å². The van der Waals surface area contributed by atoms with Crippen molar-refractivity contribution in [2.75, 3.05) is 11.7 Å². The van der Waals surface area contributed by atoms with E-state index in [0.717, 1.165) is 33.5 Å². The van der Waals surface area contributed by atoms with Crippen LogP contribution in [0.3, 0.4) is 0 Å². The predicted octanol–water partition coefficient (Wildman–Crippen LogP) is 3.41. The Kier molecular flexibility index (Phi) is 5.36. The zero-order chi connectivity index (χ0) is 24.1. The number of aromatic carboxylic acids is 1. The van der Waals surface area contributed by atoms with Crippen LogP contribution in [0.4, 0.5) is 0 Å². The lowest BCUT2D eigenvalue weighted by Gasteiger charge is -2.45. The number of fused-ring (bicyclic) bond motifs is 3. The first-order valence-electron chi connectivity index (χ1n) is 10.9. The van der Waals surface area contributed by atoms with Crippen LogP contribution in [0.5, 0.6) is 5.75 Å². The number of benzene rings is 2. The fourth-order valence-corrected chi connectivity index (χ4v) is 5.68. The van der Waals surface area contributed by atoms with Gasteiger partial charge in [-0.15, -0.1) is 11.8 Å². The van der Waals surface area contributed by atoms with Crippen molar-refractivity contribution in [3.8, 4) is 5.75 Å². The van der Waals surface area contributed by atoms with Crippen LogP contribution in [-0.4, -0.2) is 44.4 Å². The van der Waals surface area contributed by atoms with Crippen LogP contribution in [0.15, 0.2) is 64.4 Å². The normalized spacial score (nSPS) is 17.1. The van der Waals surface area contributed by atoms with Gasteiger partial charge < -0.3 is 15.1 Å². The van der Waals surface area contributed by atoms with Crippen molar-refractivity contribution >= 4 is 23.6 Å². The lowest BCUT2D eigenvalue weighted by molar-refractivity contribution is 0.0612. The van der Waals surface area contributed by atoms with Crippen molar-refractivity contribution in [1.82, 2.24) is 9.58 Å². The number of hydrogen-bond acceptors (Lipinski definition) is 6. The second-order valence-electron chi connectivity index (χ2n) is 8.60. The lowest BCUT2D eigenvalue weighted by atomic mass is 9.94. The zero-order valence-corrected chi connectivity index (χ0v) is 19.5. The quantitative estimate of drug-likeness (QED) is 0.596. The number of pyridine rings is 1. The minimum Gasteiger partial charge on any atom is -0.502 e. The van der Waals surface area contributed by atoms with Crippen molar-refractivity contribution in [2.45, 2.75) is 36.6 Å². The van der Waals surface area contributed by atoms with Crippen LogP contribution >= 0.6 is 11.8 Å². The molecule has 2 aliphatic rings. The molecule has 1 amide bonds. The molecule has 1 unspecified atom stereocenters. The summed E-state index contributed by atoms with van der Waals surface area (Å²) in [5.41, 5.74) is 1.22. The number of amides is 1. The lowest BCUT2D eigenvalue weighted by Crippen LogP contribution is -2.57. The smallest absolute Gasteiger partial charge is 0.341 e. The molecule has 3 aromatic rings. The number of carbonyl (C=O) groups excluding carboxylic acids is 1. The van der Waals surface area contributed by atoms with Gasteiger partial charge in [-0.1, -0.05) is 42.5 Å². The topological polar surface area (TPSA) is 103 Å². The van der Waals surface area contributed by atoms with Crippen LogP contribution in [-0.2, 0) is 5.75 Å². The molecular weight excluding hydrogens is 454 g/mol. The Labute approximate surface area is 200 Å². The molecule has 0 spiro atoms. The Morgan fingerprint density at radius 3 is 2.44 bits per heavy atom. The van der Waals surface area contributed by atoms with Crippen molar-refractivity contribution in [3.05, 3.63) is 92.9 Å². The molecule has 8 nitrogen and oxygen atoms in total. The number of hydrogen-bond donors (Lipinski definition) is 2. The van der Waals surface area contributed by atoms with E-state index in [2.05, 4.69) is 6.07 Å². The number of aromatic nitrogens is 1. The third-order valence-corrected chi connectivity index (χ3v) is 7.44. The number of thioether (sulfide) groups is 1. The maximum atomic E-state index is 13.3. The SMILES string of the molecule is CC(C)N1CN(C2c3ccccc3CSc3ccccc32)n2cc(C(=O)O)c(=O)c(O)c2C1=O. The van der Waals surface area contributed by atoms with Gasteiger partial charge in [0.1, 0.15) is 12.2 Å². The molecule has 9 heteroatoms. The van der Waals surface area contributed by atoms with Crippen LogP contribution < -0.4 is 10.4 Å². The number of carboxylic acid groups (broad SMARTS) is 1. The zero-order valence-electron chi connectivity index (χ0n) is 18.6. The van der Waals surface area contributed by atoms with Crippen LogP contribution in [0, 0.1) is 0 Å². The van der Waals surface area contributed by atoms with Gasteiger partial charge in [-0.25, -0.2) is 4.79 Å². The average molecular weight is 478 g/mol. The Bertz CT molecular complexity index is 1340. The summed E-state index contributed by atoms with van der Waals surface area (Å²) in [6.45, 7) is 3.86. The first-order valence-corrected chi connectivity index (χ1v) is 11.9. The highest BCUT2D eigenvalue weighted by atomic mass is 32.2. The number of rotatable bonds is 3. The summed E-state index contributed by atoms with van der Waals surface area (Å²) in [6, 6.07) is 15.4. The molecule has 2 aliphatic heterocycles. The molecule has 34 heavy (non-hydrogen) atoms. The molecule has 174 valence electrons. The molecule has 0 bridgehead atoms. The fourth-order valence-electron chi connectivity index (χ4n) is 4.59. The van der Waals surface area contributed by atoms with Crippen molar-refractivity contribution in [3.63, 3.8) is 0 Å². The van der Waals surface area contributed by atoms with E-state index in [9.17, 15) is 24.6 Å². The number of nitrogens with zero attached hydrogens (tertiary/aromatic N) is 3. The minimum atomic E-state index is -1.47. The van der Waals surface area contributed by atoms with Gasteiger partial charge in [0.25, 0.3) is 5.91 Å². The van der Waals surface area contributed by atoms with Crippen molar-refractivity contribution < 1.29 is 19.8 Å². The summed E-state index contributed by atoms with van der Waals surface area (Å²) in [7, 11) is 0. The second-order valence-corrected chi connectivity index (χ2v) is 9.61. The van der Waals surface area contributed by atoms with Gasteiger partial charge in [-0.05, 0) is 36.6 Å². The summed E-state index contributed by atoms with van der Waals surface area (Å²) < 4.78 is 1.36. The number of carbonyl (C=O) groups is 2. The Hall–Kier alpha value is -3.72. The summed E-state index contributed by atoms with van der Waals surface area (Å²) in [4.78, 5) is 40.4. The fraction of sp³-hybridized carbons (Fsp3) is 0.240. The molecule has 0 aliphatic carbocycles. The number of carboxylic acids is 1. The van der Waals surface area contributed by atoms with E-state index in [1.54, 1.807) is 16.7 Å². The molecule has 3 heterocycles. The van der Waals surface area contributed by atoms with E-state index >= 15 is 0 Å². The summed E-state index contributed by atoms with van der Waals surface area (Å²) in [5, 5.41) is 22.2. The van der Waals surface area contributed by atoms with Gasteiger partial charge >= 0.3 is 5.97 Å². The molecule has 1 aromatic heterocycles. The van der Waals surface area contributed by atoms with Crippen molar-refractivity contribution in [2.24, 2.45) is 0 Å². The van der Waals surface area contributed by atoms with Crippen molar-refractivity contribution in [1.29, 1.82) is 0 Å². The van der Waals surface area contributed by atoms with Crippen LogP contribution in [0.2, 0.25) is 0 Å². The molecule has 0 saturated carbocycles. The van der Waals surface area contributed by atoms with Gasteiger partial charge in [0.15, 0.2) is 11.4 Å². The van der Waals surface area contributed by atoms with Crippen LogP contribution in [0.1, 0.15) is 57.4 Å². The van der Waals surface area contributed by atoms with Gasteiger partial charge in [0, 0.05) is 22.9 Å². The van der Waals surface area contributed by atoms with E-state index in [0.29, 0.717) is 0 Å². The van der Waals surface area contributed by atoms with Gasteiger partial charge in [-0.2, -0.15) is 0 Å². The first-order chi connectivity index (χ1) is 16.3. The van der Waals surface area contributed by atoms with E-state index in [1.807, 2.05) is 61.3 Å². The maximum Gasteiger partial charge on any atom is 0.341 e. The van der Waals surface area contributed by atoms with Gasteiger partial charge in [-0.3, -0.25) is 19.3 Å². The molecule has 0 saturated heterocycles. The molecule has 0 fully saturated rings. The van der Waals surface area contributed by atoms with Gasteiger partial charge in [0.05, 0.1) is 6.04 Å². The summed E-state index contributed by atoms with van der Waals surface area (Å²) in [6.07, 6.45) is 1.15. The standard InChI is InChI=1S/C25H23N3O5S/c1-14(2)26-13-28(27-11-18(25(32)33)22(29)23(30)21(27)24(26)31)20-16-8-4-3-7-15(16)12-34-19-10-6-5-9-17(19)20/h3-11,14,20,30H,12-13H2,1-2H3,(H,32,33). The van der Waals surface area contributed by atoms with E-state index in [4.69, 9.17) is 0 Å². The average Bonchev–Trinajstić information content (AvgIpc) is 2.98. The number of aromatic hydroxyl groups is 1. The second kappa shape index (κ2) is 8.25. The monoisotopic (exact) mass is 477 g/mol. The maximum absolute atomic E-state index is 13.3. The van der Waals surface area contributed by atoms with E-state index < -0.39 is 28.6 Å². The molecule has 2 N–H and O–H groups in total. The van der Waals surface area contributed by atoms with Crippen LogP contribution in [0.25, 0.3) is 0 Å². The highest BCUT2D eigenvalue weighted by Crippen LogP contribution is 2.43. The summed E-state index contributed by atoms with van der Waals surface area (Å²) in [5.74, 6) is -2.09. The Balaban J connectivity index is 1.83. The van der Waals surface area contributed by atoms with Gasteiger partial charge in [0.2, 0.25) is 5.43 Å². The Morgan fingerprint density at radius 2 is 1.74 bits per heavy atom. The first kappa shape index (κ1) is 22.1. The molecule has 5 rings (SSSR count). The molecular formula is C25H23N3O5S. The third kappa shape index (κ3) is 3.35. The molecule has 1 atom stereocenters. The minimum absolute atomic E-state index is 0.142. The molecule has 2 aromatic carbocycles. The Morgan fingerprint density at radius 1 is 1.06 bits per heavy atom. The highest BCUT2D eigenvalue weighted by Gasteiger charge is 2.40. The third-order valence-electron chi connectivity index (χ3n) is 6.30. The highest BCUT2D eigenvalue weighted by molar-refractivity contribution is 7.98. The molecule has 0 radical (unpaired) electrons. The largest absolute Gasteiger partial charge is 0.502 e. The predicted molar refractivity (Wildman–Crippen MR) is 128 cm³/mol. The van der Waals surface area contributed by atoms with E-state index in [1.165, 1.54) is 4.68 Å². The summed E-state index contributed by atoms with van der Waals surface area (Å²) >= 11 is 1.71.